The Labute approximate surface area is 189 Å². The predicted octanol–water partition coefficient (Wildman–Crippen LogP) is 5.06. The fourth-order valence-corrected chi connectivity index (χ4v) is 4.96. The molecule has 0 bridgehead atoms. The van der Waals surface area contributed by atoms with E-state index in [1.54, 1.807) is 36.4 Å². The summed E-state index contributed by atoms with van der Waals surface area (Å²) < 4.78 is 38.1. The normalized spacial score (nSPS) is 11.0. The molecule has 0 aliphatic carbocycles. The van der Waals surface area contributed by atoms with Crippen LogP contribution in [0, 0.1) is 0 Å². The number of hydrogen-bond acceptors (Lipinski definition) is 5. The van der Waals surface area contributed by atoms with Crippen LogP contribution >= 0.6 is 23.2 Å². The summed E-state index contributed by atoms with van der Waals surface area (Å²) in [5.41, 5.74) is 1.05. The molecule has 3 aromatic carbocycles. The molecule has 0 unspecified atom stereocenters. The largest absolute Gasteiger partial charge is 0.497 e. The monoisotopic (exact) mass is 480 g/mol. The van der Waals surface area contributed by atoms with Crippen molar-refractivity contribution in [2.75, 3.05) is 24.3 Å². The third kappa shape index (κ3) is 5.22. The van der Waals surface area contributed by atoms with E-state index in [0.717, 1.165) is 0 Å². The van der Waals surface area contributed by atoms with E-state index in [1.165, 1.54) is 38.5 Å². The summed E-state index contributed by atoms with van der Waals surface area (Å²) >= 11 is 12.0. The SMILES string of the molecule is COc1ccc(C(=O)Nc2ccc(NS(=O)(=O)c3c(Cl)cccc3Cl)cc2)c(OC)c1. The van der Waals surface area contributed by atoms with Crippen LogP contribution in [0.15, 0.2) is 65.6 Å². The highest BCUT2D eigenvalue weighted by Gasteiger charge is 2.21. The minimum absolute atomic E-state index is 0.0114. The van der Waals surface area contributed by atoms with Gasteiger partial charge in [0.05, 0.1) is 29.8 Å². The molecule has 0 saturated heterocycles. The van der Waals surface area contributed by atoms with Crippen LogP contribution in [-0.2, 0) is 10.0 Å². The van der Waals surface area contributed by atoms with Gasteiger partial charge in [0.15, 0.2) is 0 Å². The first-order valence-electron chi connectivity index (χ1n) is 8.85. The molecule has 0 aromatic heterocycles. The van der Waals surface area contributed by atoms with Gasteiger partial charge in [-0.2, -0.15) is 0 Å². The van der Waals surface area contributed by atoms with Crippen molar-refractivity contribution in [3.05, 3.63) is 76.3 Å². The zero-order chi connectivity index (χ0) is 22.6. The minimum atomic E-state index is -4.00. The van der Waals surface area contributed by atoms with Crippen LogP contribution in [0.1, 0.15) is 10.4 Å². The number of carbonyl (C=O) groups excluding carboxylic acids is 1. The second kappa shape index (κ2) is 9.47. The van der Waals surface area contributed by atoms with Crippen molar-refractivity contribution < 1.29 is 22.7 Å². The van der Waals surface area contributed by atoms with Gasteiger partial charge in [-0.1, -0.05) is 29.3 Å². The molecule has 0 fully saturated rings. The number of benzene rings is 3. The molecule has 3 rings (SSSR count). The fraction of sp³-hybridized carbons (Fsp3) is 0.0952. The van der Waals surface area contributed by atoms with E-state index in [0.29, 0.717) is 22.7 Å². The van der Waals surface area contributed by atoms with Crippen LogP contribution in [0.2, 0.25) is 10.0 Å². The zero-order valence-electron chi connectivity index (χ0n) is 16.5. The summed E-state index contributed by atoms with van der Waals surface area (Å²) in [6.07, 6.45) is 0. The van der Waals surface area contributed by atoms with Gasteiger partial charge in [-0.25, -0.2) is 8.42 Å². The Bertz CT molecular complexity index is 1190. The van der Waals surface area contributed by atoms with E-state index in [-0.39, 0.29) is 20.6 Å². The number of amides is 1. The second-order valence-corrected chi connectivity index (χ2v) is 8.69. The molecular formula is C21H18Cl2N2O5S. The number of hydrogen-bond donors (Lipinski definition) is 2. The number of halogens is 2. The average Bonchev–Trinajstić information content (AvgIpc) is 2.74. The topological polar surface area (TPSA) is 93.7 Å². The van der Waals surface area contributed by atoms with E-state index in [4.69, 9.17) is 32.7 Å². The Morgan fingerprint density at radius 2 is 1.48 bits per heavy atom. The Morgan fingerprint density at radius 3 is 2.06 bits per heavy atom. The molecule has 3 aromatic rings. The van der Waals surface area contributed by atoms with Crippen LogP contribution in [0.25, 0.3) is 0 Å². The molecule has 0 radical (unpaired) electrons. The maximum atomic E-state index is 12.6. The maximum Gasteiger partial charge on any atom is 0.264 e. The zero-order valence-corrected chi connectivity index (χ0v) is 18.8. The summed E-state index contributed by atoms with van der Waals surface area (Å²) in [4.78, 5) is 12.4. The van der Waals surface area contributed by atoms with Gasteiger partial charge in [0.25, 0.3) is 15.9 Å². The van der Waals surface area contributed by atoms with E-state index < -0.39 is 15.9 Å². The fourth-order valence-electron chi connectivity index (χ4n) is 2.75. The highest BCUT2D eigenvalue weighted by Crippen LogP contribution is 2.31. The highest BCUT2D eigenvalue weighted by atomic mass is 35.5. The number of ether oxygens (including phenoxy) is 2. The molecular weight excluding hydrogens is 463 g/mol. The number of rotatable bonds is 7. The lowest BCUT2D eigenvalue weighted by molar-refractivity contribution is 0.102. The molecule has 162 valence electrons. The van der Waals surface area contributed by atoms with Crippen LogP contribution < -0.4 is 19.5 Å². The molecule has 0 spiro atoms. The Kier molecular flexibility index (Phi) is 6.94. The third-order valence-corrected chi connectivity index (χ3v) is 6.57. The number of carbonyl (C=O) groups is 1. The molecule has 0 atom stereocenters. The quantitative estimate of drug-likeness (QED) is 0.492. The number of nitrogens with one attached hydrogen (secondary N) is 2. The first-order chi connectivity index (χ1) is 14.7. The Hall–Kier alpha value is -2.94. The van der Waals surface area contributed by atoms with Crippen molar-refractivity contribution in [2.45, 2.75) is 4.90 Å². The lowest BCUT2D eigenvalue weighted by atomic mass is 10.1. The molecule has 0 saturated carbocycles. The molecule has 1 amide bonds. The highest BCUT2D eigenvalue weighted by molar-refractivity contribution is 7.93. The number of sulfonamides is 1. The smallest absolute Gasteiger partial charge is 0.264 e. The lowest BCUT2D eigenvalue weighted by Gasteiger charge is -2.13. The van der Waals surface area contributed by atoms with Gasteiger partial charge in [-0.15, -0.1) is 0 Å². The molecule has 7 nitrogen and oxygen atoms in total. The van der Waals surface area contributed by atoms with Crippen molar-refractivity contribution >= 4 is 50.5 Å². The van der Waals surface area contributed by atoms with Crippen molar-refractivity contribution in [2.24, 2.45) is 0 Å². The molecule has 2 N–H and O–H groups in total. The third-order valence-electron chi connectivity index (χ3n) is 4.24. The molecule has 10 heteroatoms. The van der Waals surface area contributed by atoms with Gasteiger partial charge in [-0.05, 0) is 48.5 Å². The van der Waals surface area contributed by atoms with Crippen molar-refractivity contribution in [3.8, 4) is 11.5 Å². The second-order valence-electron chi connectivity index (χ2n) is 6.25. The van der Waals surface area contributed by atoms with Gasteiger partial charge in [0.1, 0.15) is 16.4 Å². The maximum absolute atomic E-state index is 12.6. The number of anilines is 2. The van der Waals surface area contributed by atoms with Crippen molar-refractivity contribution in [1.29, 1.82) is 0 Å². The van der Waals surface area contributed by atoms with E-state index in [9.17, 15) is 13.2 Å². The summed E-state index contributed by atoms with van der Waals surface area (Å²) in [6, 6.07) is 15.4. The summed E-state index contributed by atoms with van der Waals surface area (Å²) in [7, 11) is -1.02. The Balaban J connectivity index is 1.76. The van der Waals surface area contributed by atoms with E-state index >= 15 is 0 Å². The predicted molar refractivity (Wildman–Crippen MR) is 121 cm³/mol. The minimum Gasteiger partial charge on any atom is -0.497 e. The molecule has 0 heterocycles. The standard InChI is InChI=1S/C21H18Cl2N2O5S/c1-29-15-10-11-16(19(12-15)30-2)21(26)24-13-6-8-14(9-7-13)25-31(27,28)20-17(22)4-3-5-18(20)23/h3-12,25H,1-2H3,(H,24,26). The lowest BCUT2D eigenvalue weighted by Crippen LogP contribution is -2.15. The first-order valence-corrected chi connectivity index (χ1v) is 11.1. The first kappa shape index (κ1) is 22.7. The molecule has 0 aliphatic heterocycles. The van der Waals surface area contributed by atoms with Gasteiger partial charge < -0.3 is 14.8 Å². The van der Waals surface area contributed by atoms with Gasteiger partial charge in [0, 0.05) is 17.4 Å². The Morgan fingerprint density at radius 1 is 0.871 bits per heavy atom. The summed E-state index contributed by atoms with van der Waals surface area (Å²) in [5, 5.41) is 2.75. The summed E-state index contributed by atoms with van der Waals surface area (Å²) in [6.45, 7) is 0. The molecule has 31 heavy (non-hydrogen) atoms. The van der Waals surface area contributed by atoms with Gasteiger partial charge in [0.2, 0.25) is 0 Å². The molecule has 0 aliphatic rings. The van der Waals surface area contributed by atoms with E-state index in [2.05, 4.69) is 10.0 Å². The van der Waals surface area contributed by atoms with Crippen LogP contribution in [0.3, 0.4) is 0 Å². The van der Waals surface area contributed by atoms with Crippen molar-refractivity contribution in [1.82, 2.24) is 0 Å². The van der Waals surface area contributed by atoms with Crippen LogP contribution in [-0.4, -0.2) is 28.5 Å². The van der Waals surface area contributed by atoms with E-state index in [1.807, 2.05) is 0 Å². The van der Waals surface area contributed by atoms with Crippen molar-refractivity contribution in [3.63, 3.8) is 0 Å². The summed E-state index contributed by atoms with van der Waals surface area (Å²) in [5.74, 6) is 0.525. The van der Waals surface area contributed by atoms with Gasteiger partial charge >= 0.3 is 0 Å². The van der Waals surface area contributed by atoms with Crippen LogP contribution in [0.5, 0.6) is 11.5 Å². The van der Waals surface area contributed by atoms with Crippen LogP contribution in [0.4, 0.5) is 11.4 Å². The average molecular weight is 481 g/mol. The number of methoxy groups -OCH3 is 2. The van der Waals surface area contributed by atoms with Gasteiger partial charge in [-0.3, -0.25) is 9.52 Å².